The first kappa shape index (κ1) is 30.0. The number of amides is 2. The summed E-state index contributed by atoms with van der Waals surface area (Å²) in [6.45, 7) is 3.63. The topological polar surface area (TPSA) is 105 Å². The largest absolute Gasteiger partial charge is 0.484 e. The summed E-state index contributed by atoms with van der Waals surface area (Å²) in [5.41, 5.74) is 1.67. The molecule has 0 radical (unpaired) electrons. The Morgan fingerprint density at radius 2 is 1.50 bits per heavy atom. The number of halogens is 1. The molecule has 4 rings (SSSR count). The molecule has 0 bridgehead atoms. The van der Waals surface area contributed by atoms with Gasteiger partial charge in [0.05, 0.1) is 4.90 Å². The number of anilines is 1. The predicted octanol–water partition coefficient (Wildman–Crippen LogP) is 5.08. The Bertz CT molecular complexity index is 1600. The van der Waals surface area contributed by atoms with Crippen LogP contribution in [0.3, 0.4) is 0 Å². The molecule has 4 aromatic carbocycles. The number of nitrogens with zero attached hydrogens (tertiary/aromatic N) is 1. The number of hydrogen-bond donors (Lipinski definition) is 2. The molecule has 42 heavy (non-hydrogen) atoms. The van der Waals surface area contributed by atoms with E-state index in [1.807, 2.05) is 36.4 Å². The van der Waals surface area contributed by atoms with E-state index >= 15 is 0 Å². The van der Waals surface area contributed by atoms with Gasteiger partial charge in [-0.05, 0) is 59.7 Å². The zero-order valence-corrected chi connectivity index (χ0v) is 23.5. The summed E-state index contributed by atoms with van der Waals surface area (Å²) in [4.78, 5) is 28.4. The van der Waals surface area contributed by atoms with E-state index < -0.39 is 34.4 Å². The molecule has 8 nitrogen and oxygen atoms in total. The Balaban J connectivity index is 1.52. The summed E-state index contributed by atoms with van der Waals surface area (Å²) >= 11 is 0. The Morgan fingerprint density at radius 3 is 2.12 bits per heavy atom. The molecule has 0 spiro atoms. The molecule has 2 amide bonds. The van der Waals surface area contributed by atoms with Crippen molar-refractivity contribution in [3.63, 3.8) is 0 Å². The zero-order valence-electron chi connectivity index (χ0n) is 22.7. The van der Waals surface area contributed by atoms with Gasteiger partial charge in [-0.3, -0.25) is 14.3 Å². The van der Waals surface area contributed by atoms with Crippen LogP contribution in [0.25, 0.3) is 0 Å². The third-order valence-corrected chi connectivity index (χ3v) is 7.60. The smallest absolute Gasteiger partial charge is 0.261 e. The van der Waals surface area contributed by atoms with Gasteiger partial charge in [-0.1, -0.05) is 66.7 Å². The van der Waals surface area contributed by atoms with Crippen molar-refractivity contribution in [3.05, 3.63) is 139 Å². The lowest BCUT2D eigenvalue weighted by Gasteiger charge is -2.31. The van der Waals surface area contributed by atoms with Gasteiger partial charge in [0.1, 0.15) is 17.6 Å². The van der Waals surface area contributed by atoms with E-state index in [1.165, 1.54) is 41.3 Å². The van der Waals surface area contributed by atoms with E-state index in [-0.39, 0.29) is 35.3 Å². The van der Waals surface area contributed by atoms with Crippen LogP contribution in [0.4, 0.5) is 10.1 Å². The zero-order chi connectivity index (χ0) is 30.0. The monoisotopic (exact) mass is 587 g/mol. The fourth-order valence-corrected chi connectivity index (χ4v) is 5.21. The molecule has 0 heterocycles. The molecule has 1 atom stereocenters. The molecule has 0 aliphatic rings. The Labute approximate surface area is 244 Å². The first-order chi connectivity index (χ1) is 20.3. The minimum absolute atomic E-state index is 0.0424. The molecule has 10 heteroatoms. The highest BCUT2D eigenvalue weighted by Crippen LogP contribution is 2.25. The van der Waals surface area contributed by atoms with Crippen LogP contribution in [-0.4, -0.2) is 38.3 Å². The predicted molar refractivity (Wildman–Crippen MR) is 159 cm³/mol. The van der Waals surface area contributed by atoms with Crippen molar-refractivity contribution in [1.29, 1.82) is 0 Å². The molecular weight excluding hydrogens is 557 g/mol. The number of hydrogen-bond acceptors (Lipinski definition) is 5. The van der Waals surface area contributed by atoms with Crippen molar-refractivity contribution in [2.45, 2.75) is 17.5 Å². The van der Waals surface area contributed by atoms with Gasteiger partial charge in [-0.15, -0.1) is 6.58 Å². The standard InChI is InChI=1S/C32H30FN3O5S/c1-2-21-34-32(38)31(25-11-7-4-8-12-25)36(22-24-9-5-3-6-10-24)30(37)23-41-28-17-19-29(20-18-28)42(39,40)35-27-15-13-26(33)14-16-27/h2-20,31,35H,1,21-23H2,(H,34,38)/t31-/m1/s1. The second-order valence-electron chi connectivity index (χ2n) is 9.23. The molecule has 0 unspecified atom stereocenters. The Kier molecular flexibility index (Phi) is 10.1. The van der Waals surface area contributed by atoms with Crippen LogP contribution in [0, 0.1) is 5.82 Å². The van der Waals surface area contributed by atoms with Gasteiger partial charge in [0, 0.05) is 18.8 Å². The van der Waals surface area contributed by atoms with Crippen molar-refractivity contribution < 1.29 is 27.1 Å². The second kappa shape index (κ2) is 14.1. The molecular formula is C32H30FN3O5S. The summed E-state index contributed by atoms with van der Waals surface area (Å²) in [7, 11) is -3.94. The van der Waals surface area contributed by atoms with Gasteiger partial charge in [-0.25, -0.2) is 12.8 Å². The maximum absolute atomic E-state index is 13.6. The maximum atomic E-state index is 13.6. The fraction of sp³-hybridized carbons (Fsp3) is 0.125. The molecule has 0 saturated carbocycles. The van der Waals surface area contributed by atoms with Gasteiger partial charge in [0.2, 0.25) is 5.91 Å². The van der Waals surface area contributed by atoms with Crippen molar-refractivity contribution >= 4 is 27.5 Å². The highest BCUT2D eigenvalue weighted by Gasteiger charge is 2.31. The molecule has 4 aromatic rings. The van der Waals surface area contributed by atoms with Crippen molar-refractivity contribution in [2.75, 3.05) is 17.9 Å². The number of sulfonamides is 1. The van der Waals surface area contributed by atoms with Gasteiger partial charge in [0.15, 0.2) is 6.61 Å². The van der Waals surface area contributed by atoms with Gasteiger partial charge in [0.25, 0.3) is 15.9 Å². The van der Waals surface area contributed by atoms with E-state index in [2.05, 4.69) is 16.6 Å². The lowest BCUT2D eigenvalue weighted by atomic mass is 10.0. The lowest BCUT2D eigenvalue weighted by molar-refractivity contribution is -0.143. The highest BCUT2D eigenvalue weighted by molar-refractivity contribution is 7.92. The van der Waals surface area contributed by atoms with Crippen molar-refractivity contribution in [1.82, 2.24) is 10.2 Å². The van der Waals surface area contributed by atoms with Gasteiger partial charge >= 0.3 is 0 Å². The number of carbonyl (C=O) groups is 2. The highest BCUT2D eigenvalue weighted by atomic mass is 32.2. The van der Waals surface area contributed by atoms with Gasteiger partial charge < -0.3 is 15.0 Å². The second-order valence-corrected chi connectivity index (χ2v) is 10.9. The van der Waals surface area contributed by atoms with Crippen LogP contribution in [0.15, 0.2) is 127 Å². The molecule has 0 aromatic heterocycles. The maximum Gasteiger partial charge on any atom is 0.261 e. The van der Waals surface area contributed by atoms with Crippen LogP contribution in [-0.2, 0) is 26.2 Å². The van der Waals surface area contributed by atoms with Crippen molar-refractivity contribution in [3.8, 4) is 5.75 Å². The van der Waals surface area contributed by atoms with Crippen LogP contribution >= 0.6 is 0 Å². The molecule has 2 N–H and O–H groups in total. The van der Waals surface area contributed by atoms with E-state index in [1.54, 1.807) is 30.3 Å². The van der Waals surface area contributed by atoms with E-state index in [0.29, 0.717) is 5.56 Å². The summed E-state index contributed by atoms with van der Waals surface area (Å²) in [5.74, 6) is -1.04. The Hall–Kier alpha value is -4.96. The number of nitrogens with one attached hydrogen (secondary N) is 2. The lowest BCUT2D eigenvalue weighted by Crippen LogP contribution is -2.45. The summed E-state index contributed by atoms with van der Waals surface area (Å²) in [6.07, 6.45) is 1.56. The van der Waals surface area contributed by atoms with Crippen LogP contribution in [0.2, 0.25) is 0 Å². The first-order valence-electron chi connectivity index (χ1n) is 13.0. The minimum Gasteiger partial charge on any atom is -0.484 e. The number of benzene rings is 4. The van der Waals surface area contributed by atoms with Crippen LogP contribution in [0.5, 0.6) is 5.75 Å². The molecule has 0 fully saturated rings. The van der Waals surface area contributed by atoms with E-state index in [0.717, 1.165) is 17.7 Å². The van der Waals surface area contributed by atoms with E-state index in [9.17, 15) is 22.4 Å². The minimum atomic E-state index is -3.94. The number of rotatable bonds is 13. The third-order valence-electron chi connectivity index (χ3n) is 6.20. The van der Waals surface area contributed by atoms with E-state index in [4.69, 9.17) is 4.74 Å². The van der Waals surface area contributed by atoms with Crippen LogP contribution < -0.4 is 14.8 Å². The molecule has 0 aliphatic carbocycles. The summed E-state index contributed by atoms with van der Waals surface area (Å²) < 4.78 is 46.7. The SMILES string of the molecule is C=CCNC(=O)[C@@H](c1ccccc1)N(Cc1ccccc1)C(=O)COc1ccc(S(=O)(=O)Nc2ccc(F)cc2)cc1. The third kappa shape index (κ3) is 8.05. The summed E-state index contributed by atoms with van der Waals surface area (Å²) in [5, 5.41) is 2.79. The fourth-order valence-electron chi connectivity index (χ4n) is 4.16. The summed E-state index contributed by atoms with van der Waals surface area (Å²) in [6, 6.07) is 27.8. The Morgan fingerprint density at radius 1 is 0.881 bits per heavy atom. The quantitative estimate of drug-likeness (QED) is 0.213. The first-order valence-corrected chi connectivity index (χ1v) is 14.5. The molecule has 0 aliphatic heterocycles. The van der Waals surface area contributed by atoms with Crippen molar-refractivity contribution in [2.24, 2.45) is 0 Å². The normalized spacial score (nSPS) is 11.6. The van der Waals surface area contributed by atoms with Gasteiger partial charge in [-0.2, -0.15) is 0 Å². The molecule has 0 saturated heterocycles. The molecule has 216 valence electrons. The average molecular weight is 588 g/mol. The number of ether oxygens (including phenoxy) is 1. The van der Waals surface area contributed by atoms with Crippen LogP contribution in [0.1, 0.15) is 17.2 Å². The number of carbonyl (C=O) groups excluding carboxylic acids is 2. The average Bonchev–Trinajstić information content (AvgIpc) is 3.01.